The molecule has 4 rings (SSSR count). The maximum absolute atomic E-state index is 13.0. The number of aromatic nitrogens is 3. The Bertz CT molecular complexity index is 942. The van der Waals surface area contributed by atoms with Crippen molar-refractivity contribution in [3.63, 3.8) is 0 Å². The van der Waals surface area contributed by atoms with Crippen molar-refractivity contribution in [3.05, 3.63) is 72.4 Å². The molecule has 1 fully saturated rings. The van der Waals surface area contributed by atoms with E-state index in [4.69, 9.17) is 0 Å². The van der Waals surface area contributed by atoms with Crippen molar-refractivity contribution in [2.45, 2.75) is 0 Å². The van der Waals surface area contributed by atoms with Gasteiger partial charge in [-0.15, -0.1) is 0 Å². The lowest BCUT2D eigenvalue weighted by Crippen LogP contribution is -2.47. The fourth-order valence-electron chi connectivity index (χ4n) is 3.03. The summed E-state index contributed by atoms with van der Waals surface area (Å²) in [4.78, 5) is 29.8. The summed E-state index contributed by atoms with van der Waals surface area (Å²) >= 11 is 0. The van der Waals surface area contributed by atoms with Crippen LogP contribution in [-0.4, -0.2) is 47.0 Å². The molecule has 0 atom stereocenters. The first-order valence-electron chi connectivity index (χ1n) is 9.00. The van der Waals surface area contributed by atoms with E-state index in [2.05, 4.69) is 25.2 Å². The molecule has 3 aromatic rings. The average Bonchev–Trinajstić information content (AvgIpc) is 2.76. The number of amides is 1. The molecule has 0 saturated carbocycles. The fourth-order valence-corrected chi connectivity index (χ4v) is 3.03. The van der Waals surface area contributed by atoms with Crippen molar-refractivity contribution in [1.82, 2.24) is 15.0 Å². The maximum Gasteiger partial charge on any atom is 0.274 e. The van der Waals surface area contributed by atoms with Gasteiger partial charge in [0, 0.05) is 44.3 Å². The normalized spacial score (nSPS) is 14.0. The second-order valence-corrected chi connectivity index (χ2v) is 6.36. The Hall–Kier alpha value is -3.55. The number of nitrogens with zero attached hydrogens (tertiary/aromatic N) is 5. The number of nitrogens with one attached hydrogen (secondary N) is 1. The molecular weight excluding hydrogens is 359 g/mol. The number of carbonyl (C=O) groups excluding carboxylic acids is 1. The van der Waals surface area contributed by atoms with E-state index in [-0.39, 0.29) is 17.4 Å². The van der Waals surface area contributed by atoms with Crippen LogP contribution in [-0.2, 0) is 0 Å². The minimum absolute atomic E-state index is 0.265. The minimum Gasteiger partial charge on any atom is -0.353 e. The number of anilines is 3. The molecule has 1 aromatic carbocycles. The molecule has 0 unspecified atom stereocenters. The Morgan fingerprint density at radius 2 is 1.64 bits per heavy atom. The molecule has 142 valence electrons. The summed E-state index contributed by atoms with van der Waals surface area (Å²) in [6.45, 7) is 3.07. The van der Waals surface area contributed by atoms with Gasteiger partial charge in [-0.25, -0.2) is 19.3 Å². The van der Waals surface area contributed by atoms with Gasteiger partial charge in [-0.3, -0.25) is 4.79 Å². The molecular formula is C20H19FN6O. The molecule has 1 N–H and O–H groups in total. The summed E-state index contributed by atoms with van der Waals surface area (Å²) in [6.07, 6.45) is 3.36. The fraction of sp³-hybridized carbons (Fsp3) is 0.200. The van der Waals surface area contributed by atoms with Gasteiger partial charge in [0.15, 0.2) is 0 Å². The molecule has 0 aliphatic carbocycles. The summed E-state index contributed by atoms with van der Waals surface area (Å²) in [5.74, 6) is 0.762. The Morgan fingerprint density at radius 3 is 2.36 bits per heavy atom. The smallest absolute Gasteiger partial charge is 0.274 e. The first-order valence-corrected chi connectivity index (χ1v) is 9.00. The molecule has 1 aliphatic heterocycles. The summed E-state index contributed by atoms with van der Waals surface area (Å²) in [7, 11) is 0. The van der Waals surface area contributed by atoms with Gasteiger partial charge in [0.1, 0.15) is 17.3 Å². The van der Waals surface area contributed by atoms with E-state index >= 15 is 0 Å². The van der Waals surface area contributed by atoms with E-state index in [0.29, 0.717) is 11.6 Å². The Kier molecular flexibility index (Phi) is 5.09. The number of hydrogen-bond acceptors (Lipinski definition) is 6. The molecule has 8 heteroatoms. The van der Waals surface area contributed by atoms with Crippen molar-refractivity contribution >= 4 is 23.4 Å². The lowest BCUT2D eigenvalue weighted by molar-refractivity contribution is 0.102. The van der Waals surface area contributed by atoms with Crippen molar-refractivity contribution < 1.29 is 9.18 Å². The number of halogens is 1. The van der Waals surface area contributed by atoms with Crippen molar-refractivity contribution in [1.29, 1.82) is 0 Å². The van der Waals surface area contributed by atoms with E-state index in [1.165, 1.54) is 24.3 Å². The molecule has 7 nitrogen and oxygen atoms in total. The SMILES string of the molecule is O=C(Nc1ccc(F)cc1)c1ccnc(N2CCN(c3ccccn3)CC2)n1. The highest BCUT2D eigenvalue weighted by atomic mass is 19.1. The summed E-state index contributed by atoms with van der Waals surface area (Å²) in [5.41, 5.74) is 0.775. The number of benzene rings is 1. The lowest BCUT2D eigenvalue weighted by Gasteiger charge is -2.35. The van der Waals surface area contributed by atoms with Gasteiger partial charge in [-0.05, 0) is 42.5 Å². The van der Waals surface area contributed by atoms with E-state index in [1.807, 2.05) is 23.1 Å². The van der Waals surface area contributed by atoms with Gasteiger partial charge >= 0.3 is 0 Å². The van der Waals surface area contributed by atoms with Crippen molar-refractivity contribution in [3.8, 4) is 0 Å². The van der Waals surface area contributed by atoms with Gasteiger partial charge < -0.3 is 15.1 Å². The van der Waals surface area contributed by atoms with Crippen molar-refractivity contribution in [2.24, 2.45) is 0 Å². The van der Waals surface area contributed by atoms with Crippen LogP contribution in [0.15, 0.2) is 60.9 Å². The molecule has 1 saturated heterocycles. The summed E-state index contributed by atoms with van der Waals surface area (Å²) in [6, 6.07) is 13.0. The van der Waals surface area contributed by atoms with Crippen LogP contribution < -0.4 is 15.1 Å². The molecule has 0 bridgehead atoms. The van der Waals surface area contributed by atoms with Crippen LogP contribution in [0.5, 0.6) is 0 Å². The Morgan fingerprint density at radius 1 is 0.893 bits per heavy atom. The van der Waals surface area contributed by atoms with E-state index in [0.717, 1.165) is 32.0 Å². The molecule has 1 amide bonds. The van der Waals surface area contributed by atoms with E-state index in [9.17, 15) is 9.18 Å². The quantitative estimate of drug-likeness (QED) is 0.752. The maximum atomic E-state index is 13.0. The van der Waals surface area contributed by atoms with Crippen LogP contribution in [0, 0.1) is 5.82 Å². The first kappa shape index (κ1) is 17.8. The zero-order valence-electron chi connectivity index (χ0n) is 15.1. The minimum atomic E-state index is -0.359. The number of carbonyl (C=O) groups is 1. The van der Waals surface area contributed by atoms with Gasteiger partial charge in [0.2, 0.25) is 5.95 Å². The number of pyridine rings is 1. The zero-order chi connectivity index (χ0) is 19.3. The molecule has 1 aliphatic rings. The summed E-state index contributed by atoms with van der Waals surface area (Å²) in [5, 5.41) is 2.71. The van der Waals surface area contributed by atoms with Crippen LogP contribution in [0.2, 0.25) is 0 Å². The first-order chi connectivity index (χ1) is 13.7. The van der Waals surface area contributed by atoms with Gasteiger partial charge in [-0.2, -0.15) is 0 Å². The predicted molar refractivity (Wildman–Crippen MR) is 105 cm³/mol. The number of hydrogen-bond donors (Lipinski definition) is 1. The number of rotatable bonds is 4. The highest BCUT2D eigenvalue weighted by Gasteiger charge is 2.20. The van der Waals surface area contributed by atoms with Crippen LogP contribution in [0.1, 0.15) is 10.5 Å². The van der Waals surface area contributed by atoms with Crippen LogP contribution >= 0.6 is 0 Å². The third kappa shape index (κ3) is 4.06. The van der Waals surface area contributed by atoms with Gasteiger partial charge in [-0.1, -0.05) is 6.07 Å². The predicted octanol–water partition coefficient (Wildman–Crippen LogP) is 2.59. The Labute approximate surface area is 161 Å². The van der Waals surface area contributed by atoms with Crippen LogP contribution in [0.25, 0.3) is 0 Å². The zero-order valence-corrected chi connectivity index (χ0v) is 15.1. The van der Waals surface area contributed by atoms with Crippen molar-refractivity contribution in [2.75, 3.05) is 41.3 Å². The standard InChI is InChI=1S/C20H19FN6O/c21-15-4-6-16(7-5-15)24-19(28)17-8-10-23-20(25-17)27-13-11-26(12-14-27)18-3-1-2-9-22-18/h1-10H,11-14H2,(H,24,28). The second kappa shape index (κ2) is 7.99. The Balaban J connectivity index is 1.41. The molecule has 0 radical (unpaired) electrons. The molecule has 28 heavy (non-hydrogen) atoms. The largest absolute Gasteiger partial charge is 0.353 e. The van der Waals surface area contributed by atoms with Gasteiger partial charge in [0.05, 0.1) is 0 Å². The monoisotopic (exact) mass is 378 g/mol. The topological polar surface area (TPSA) is 74.2 Å². The van der Waals surface area contributed by atoms with Crippen LogP contribution in [0.3, 0.4) is 0 Å². The van der Waals surface area contributed by atoms with E-state index < -0.39 is 0 Å². The van der Waals surface area contributed by atoms with Crippen LogP contribution in [0.4, 0.5) is 21.8 Å². The highest BCUT2D eigenvalue weighted by Crippen LogP contribution is 2.16. The molecule has 2 aromatic heterocycles. The van der Waals surface area contributed by atoms with E-state index in [1.54, 1.807) is 18.5 Å². The number of piperazine rings is 1. The molecule has 3 heterocycles. The lowest BCUT2D eigenvalue weighted by atomic mass is 10.3. The summed E-state index contributed by atoms with van der Waals surface area (Å²) < 4.78 is 13.0. The third-order valence-electron chi connectivity index (χ3n) is 4.51. The molecule has 0 spiro atoms. The highest BCUT2D eigenvalue weighted by molar-refractivity contribution is 6.02. The third-order valence-corrected chi connectivity index (χ3v) is 4.51. The average molecular weight is 378 g/mol. The van der Waals surface area contributed by atoms with Gasteiger partial charge in [0.25, 0.3) is 5.91 Å². The second-order valence-electron chi connectivity index (χ2n) is 6.36.